The van der Waals surface area contributed by atoms with E-state index in [0.29, 0.717) is 23.1 Å². The maximum absolute atomic E-state index is 12.7. The van der Waals surface area contributed by atoms with Crippen molar-refractivity contribution >= 4 is 38.4 Å². The molecule has 1 aliphatic rings. The lowest BCUT2D eigenvalue weighted by molar-refractivity contribution is 0.477. The van der Waals surface area contributed by atoms with Crippen LogP contribution < -0.4 is 10.3 Å². The average Bonchev–Trinajstić information content (AvgIpc) is 3.54. The van der Waals surface area contributed by atoms with Crippen LogP contribution in [-0.2, 0) is 10.0 Å². The molecule has 0 spiro atoms. The zero-order chi connectivity index (χ0) is 23.3. The SMILES string of the molecule is CCN(CC)c1ccc(/C=N/Nc2nc(-c3ccc(S(=O)(=O)N4CCCC4)cc3)cs2)cc1. The molecule has 0 unspecified atom stereocenters. The van der Waals surface area contributed by atoms with Crippen molar-refractivity contribution in [3.63, 3.8) is 0 Å². The fraction of sp³-hybridized carbons (Fsp3) is 0.333. The predicted octanol–water partition coefficient (Wildman–Crippen LogP) is 4.89. The van der Waals surface area contributed by atoms with E-state index in [1.165, 1.54) is 17.0 Å². The van der Waals surface area contributed by atoms with Crippen molar-refractivity contribution in [2.45, 2.75) is 31.6 Å². The van der Waals surface area contributed by atoms with Crippen LogP contribution in [-0.4, -0.2) is 50.1 Å². The summed E-state index contributed by atoms with van der Waals surface area (Å²) in [5, 5.41) is 6.91. The number of thiazole rings is 1. The lowest BCUT2D eigenvalue weighted by Gasteiger charge is -2.20. The molecule has 1 saturated heterocycles. The number of hydrogen-bond donors (Lipinski definition) is 1. The highest BCUT2D eigenvalue weighted by atomic mass is 32.2. The number of nitrogens with one attached hydrogen (secondary N) is 1. The zero-order valence-electron chi connectivity index (χ0n) is 18.9. The topological polar surface area (TPSA) is 77.9 Å². The van der Waals surface area contributed by atoms with Gasteiger partial charge in [0.2, 0.25) is 15.2 Å². The van der Waals surface area contributed by atoms with Gasteiger partial charge in [0.05, 0.1) is 16.8 Å². The van der Waals surface area contributed by atoms with Gasteiger partial charge in [0.25, 0.3) is 0 Å². The first kappa shape index (κ1) is 23.4. The number of hydrogen-bond acceptors (Lipinski definition) is 7. The van der Waals surface area contributed by atoms with E-state index in [9.17, 15) is 8.42 Å². The van der Waals surface area contributed by atoms with E-state index in [-0.39, 0.29) is 0 Å². The van der Waals surface area contributed by atoms with Crippen LogP contribution in [0.5, 0.6) is 0 Å². The van der Waals surface area contributed by atoms with Gasteiger partial charge in [-0.3, -0.25) is 5.43 Å². The summed E-state index contributed by atoms with van der Waals surface area (Å²) in [6.45, 7) is 7.47. The minimum atomic E-state index is -3.40. The van der Waals surface area contributed by atoms with Crippen LogP contribution >= 0.6 is 11.3 Å². The monoisotopic (exact) mass is 483 g/mol. The Kier molecular flexibility index (Phi) is 7.42. The average molecular weight is 484 g/mol. The maximum Gasteiger partial charge on any atom is 0.243 e. The molecule has 3 aromatic rings. The first-order valence-corrected chi connectivity index (χ1v) is 13.5. The van der Waals surface area contributed by atoms with E-state index in [0.717, 1.165) is 42.8 Å². The fourth-order valence-corrected chi connectivity index (χ4v) is 6.04. The first-order valence-electron chi connectivity index (χ1n) is 11.2. The summed E-state index contributed by atoms with van der Waals surface area (Å²) in [6.07, 6.45) is 3.62. The molecule has 4 rings (SSSR count). The van der Waals surface area contributed by atoms with Gasteiger partial charge in [-0.15, -0.1) is 11.3 Å². The van der Waals surface area contributed by atoms with Gasteiger partial charge in [-0.25, -0.2) is 13.4 Å². The fourth-order valence-electron chi connectivity index (χ4n) is 3.85. The number of aromatic nitrogens is 1. The molecular formula is C24H29N5O2S2. The number of hydrazone groups is 1. The van der Waals surface area contributed by atoms with Gasteiger partial charge in [-0.1, -0.05) is 24.3 Å². The molecule has 0 saturated carbocycles. The molecule has 2 aromatic carbocycles. The number of sulfonamides is 1. The quantitative estimate of drug-likeness (QED) is 0.346. The molecule has 0 amide bonds. The van der Waals surface area contributed by atoms with E-state index < -0.39 is 10.0 Å². The van der Waals surface area contributed by atoms with Crippen molar-refractivity contribution < 1.29 is 8.42 Å². The molecule has 1 aromatic heterocycles. The molecule has 1 N–H and O–H groups in total. The van der Waals surface area contributed by atoms with E-state index in [1.807, 2.05) is 29.6 Å². The van der Waals surface area contributed by atoms with Crippen LogP contribution in [0.3, 0.4) is 0 Å². The molecule has 2 heterocycles. The van der Waals surface area contributed by atoms with Gasteiger partial charge < -0.3 is 4.90 Å². The third kappa shape index (κ3) is 5.43. The number of benzene rings is 2. The molecule has 1 aliphatic heterocycles. The van der Waals surface area contributed by atoms with Crippen molar-refractivity contribution in [3.8, 4) is 11.3 Å². The van der Waals surface area contributed by atoms with Gasteiger partial charge in [-0.2, -0.15) is 9.41 Å². The molecule has 7 nitrogen and oxygen atoms in total. The second-order valence-corrected chi connectivity index (χ2v) is 10.6. The highest BCUT2D eigenvalue weighted by molar-refractivity contribution is 7.89. The molecule has 0 aliphatic carbocycles. The molecule has 1 fully saturated rings. The molecule has 174 valence electrons. The summed E-state index contributed by atoms with van der Waals surface area (Å²) in [4.78, 5) is 7.20. The van der Waals surface area contributed by atoms with Gasteiger partial charge in [0.1, 0.15) is 0 Å². The summed E-state index contributed by atoms with van der Waals surface area (Å²) >= 11 is 1.45. The Morgan fingerprint density at radius 1 is 1.06 bits per heavy atom. The number of nitrogens with zero attached hydrogens (tertiary/aromatic N) is 4. The maximum atomic E-state index is 12.7. The third-order valence-corrected chi connectivity index (χ3v) is 8.41. The summed E-state index contributed by atoms with van der Waals surface area (Å²) in [6, 6.07) is 15.2. The molecule has 0 atom stereocenters. The molecule has 9 heteroatoms. The number of rotatable bonds is 9. The highest BCUT2D eigenvalue weighted by Crippen LogP contribution is 2.27. The summed E-state index contributed by atoms with van der Waals surface area (Å²) in [5.41, 5.74) is 6.84. The Bertz CT molecular complexity index is 1180. The Morgan fingerprint density at radius 3 is 2.36 bits per heavy atom. The Hall–Kier alpha value is -2.75. The van der Waals surface area contributed by atoms with Crippen LogP contribution in [0.25, 0.3) is 11.3 Å². The number of anilines is 2. The van der Waals surface area contributed by atoms with Gasteiger partial charge in [-0.05, 0) is 56.5 Å². The molecular weight excluding hydrogens is 454 g/mol. The van der Waals surface area contributed by atoms with Crippen LogP contribution in [0, 0.1) is 0 Å². The van der Waals surface area contributed by atoms with E-state index in [1.54, 1.807) is 22.7 Å². The lowest BCUT2D eigenvalue weighted by atomic mass is 10.2. The minimum Gasteiger partial charge on any atom is -0.372 e. The van der Waals surface area contributed by atoms with E-state index >= 15 is 0 Å². The summed E-state index contributed by atoms with van der Waals surface area (Å²) < 4.78 is 26.9. The standard InChI is InChI=1S/C24H29N5O2S2/c1-3-28(4-2)21-11-7-19(8-12-21)17-25-27-24-26-23(18-32-24)20-9-13-22(14-10-20)33(30,31)29-15-5-6-16-29/h7-14,17-18H,3-6,15-16H2,1-2H3,(H,26,27)/b25-17+. The van der Waals surface area contributed by atoms with Crippen molar-refractivity contribution in [1.82, 2.24) is 9.29 Å². The zero-order valence-corrected chi connectivity index (χ0v) is 20.6. The van der Waals surface area contributed by atoms with Gasteiger partial charge in [0.15, 0.2) is 0 Å². The normalized spacial score (nSPS) is 14.7. The first-order chi connectivity index (χ1) is 16.0. The largest absolute Gasteiger partial charge is 0.372 e. The Balaban J connectivity index is 1.38. The third-order valence-electron chi connectivity index (χ3n) is 5.75. The van der Waals surface area contributed by atoms with Crippen LogP contribution in [0.2, 0.25) is 0 Å². The van der Waals surface area contributed by atoms with Crippen molar-refractivity contribution in [2.75, 3.05) is 36.5 Å². The minimum absolute atomic E-state index is 0.332. The smallest absolute Gasteiger partial charge is 0.243 e. The predicted molar refractivity (Wildman–Crippen MR) is 137 cm³/mol. The lowest BCUT2D eigenvalue weighted by Crippen LogP contribution is -2.27. The summed E-state index contributed by atoms with van der Waals surface area (Å²) in [5.74, 6) is 0. The summed E-state index contributed by atoms with van der Waals surface area (Å²) in [7, 11) is -3.40. The highest BCUT2D eigenvalue weighted by Gasteiger charge is 2.27. The van der Waals surface area contributed by atoms with Crippen LogP contribution in [0.1, 0.15) is 32.3 Å². The van der Waals surface area contributed by atoms with Crippen molar-refractivity contribution in [1.29, 1.82) is 0 Å². The molecule has 33 heavy (non-hydrogen) atoms. The van der Waals surface area contributed by atoms with Gasteiger partial charge >= 0.3 is 0 Å². The Morgan fingerprint density at radius 2 is 1.73 bits per heavy atom. The van der Waals surface area contributed by atoms with Gasteiger partial charge in [0, 0.05) is 42.8 Å². The second-order valence-electron chi connectivity index (χ2n) is 7.81. The van der Waals surface area contributed by atoms with Crippen molar-refractivity contribution in [3.05, 3.63) is 59.5 Å². The van der Waals surface area contributed by atoms with Crippen LogP contribution in [0.15, 0.2) is 63.9 Å². The molecule has 0 radical (unpaired) electrons. The van der Waals surface area contributed by atoms with E-state index in [2.05, 4.69) is 46.4 Å². The van der Waals surface area contributed by atoms with Crippen LogP contribution in [0.4, 0.5) is 10.8 Å². The van der Waals surface area contributed by atoms with E-state index in [4.69, 9.17) is 0 Å². The molecule has 0 bridgehead atoms. The second kappa shape index (κ2) is 10.5. The Labute approximate surface area is 199 Å². The van der Waals surface area contributed by atoms with Crippen molar-refractivity contribution in [2.24, 2.45) is 5.10 Å².